The molecule has 2 nitrogen and oxygen atoms in total. The number of hydrogen-bond acceptors (Lipinski definition) is 2. The number of carbonyl (C=O) groups excluding carboxylic acids is 1. The number of benzene rings is 1. The van der Waals surface area contributed by atoms with Crippen molar-refractivity contribution in [1.29, 1.82) is 0 Å². The van der Waals surface area contributed by atoms with Crippen molar-refractivity contribution >= 4 is 21.9 Å². The van der Waals surface area contributed by atoms with Gasteiger partial charge in [-0.2, -0.15) is 0 Å². The maximum absolute atomic E-state index is 11.5. The molecule has 1 atom stereocenters. The smallest absolute Gasteiger partial charge is 0.306 e. The Bertz CT molecular complexity index is 482. The van der Waals surface area contributed by atoms with Gasteiger partial charge in [0.1, 0.15) is 0 Å². The van der Waals surface area contributed by atoms with Gasteiger partial charge in [-0.05, 0) is 30.7 Å². The SMILES string of the molecule is CCCCCC[C@H](C#Cc1ccc(Br)cc1)CC(=O)OC. The molecule has 0 amide bonds. The highest BCUT2D eigenvalue weighted by Gasteiger charge is 2.11. The molecule has 114 valence electrons. The second-order valence-corrected chi connectivity index (χ2v) is 6.02. The van der Waals surface area contributed by atoms with E-state index in [1.54, 1.807) is 0 Å². The Kier molecular flexibility index (Phi) is 8.85. The molecule has 0 bridgehead atoms. The quantitative estimate of drug-likeness (QED) is 0.395. The highest BCUT2D eigenvalue weighted by Crippen LogP contribution is 2.15. The Morgan fingerprint density at radius 3 is 2.57 bits per heavy atom. The van der Waals surface area contributed by atoms with Gasteiger partial charge in [-0.3, -0.25) is 4.79 Å². The minimum atomic E-state index is -0.180. The van der Waals surface area contributed by atoms with E-state index < -0.39 is 0 Å². The van der Waals surface area contributed by atoms with Crippen LogP contribution in [0.1, 0.15) is 51.0 Å². The molecule has 1 aromatic carbocycles. The van der Waals surface area contributed by atoms with Crippen molar-refractivity contribution in [3.63, 3.8) is 0 Å². The van der Waals surface area contributed by atoms with Gasteiger partial charge < -0.3 is 4.74 Å². The van der Waals surface area contributed by atoms with E-state index in [4.69, 9.17) is 4.74 Å². The standard InChI is InChI=1S/C18H23BrO2/c1-3-4-5-6-7-16(14-18(20)21-2)9-8-15-10-12-17(19)13-11-15/h10-13,16H,3-7,14H2,1-2H3/t16-/m1/s1. The minimum Gasteiger partial charge on any atom is -0.469 e. The molecule has 21 heavy (non-hydrogen) atoms. The van der Waals surface area contributed by atoms with Crippen LogP contribution in [0, 0.1) is 17.8 Å². The molecule has 0 spiro atoms. The zero-order valence-corrected chi connectivity index (χ0v) is 14.4. The number of hydrogen-bond donors (Lipinski definition) is 0. The van der Waals surface area contributed by atoms with Crippen molar-refractivity contribution in [2.24, 2.45) is 5.92 Å². The lowest BCUT2D eigenvalue weighted by Crippen LogP contribution is -2.08. The van der Waals surface area contributed by atoms with Crippen molar-refractivity contribution in [2.75, 3.05) is 7.11 Å². The molecule has 0 heterocycles. The highest BCUT2D eigenvalue weighted by molar-refractivity contribution is 9.10. The van der Waals surface area contributed by atoms with E-state index in [0.717, 1.165) is 22.9 Å². The summed E-state index contributed by atoms with van der Waals surface area (Å²) >= 11 is 3.41. The first-order valence-corrected chi connectivity index (χ1v) is 8.29. The Balaban J connectivity index is 2.62. The molecule has 3 heteroatoms. The predicted molar refractivity (Wildman–Crippen MR) is 89.9 cm³/mol. The van der Waals surface area contributed by atoms with Crippen LogP contribution in [0.15, 0.2) is 28.7 Å². The fourth-order valence-electron chi connectivity index (χ4n) is 2.05. The van der Waals surface area contributed by atoms with Crippen LogP contribution in [0.4, 0.5) is 0 Å². The summed E-state index contributed by atoms with van der Waals surface area (Å²) in [6.07, 6.45) is 6.11. The third-order valence-electron chi connectivity index (χ3n) is 3.31. The summed E-state index contributed by atoms with van der Waals surface area (Å²) in [6, 6.07) is 7.90. The van der Waals surface area contributed by atoms with Crippen molar-refractivity contribution in [1.82, 2.24) is 0 Å². The second-order valence-electron chi connectivity index (χ2n) is 5.10. The van der Waals surface area contributed by atoms with E-state index in [9.17, 15) is 4.79 Å². The van der Waals surface area contributed by atoms with Crippen LogP contribution < -0.4 is 0 Å². The Hall–Kier alpha value is -1.27. The summed E-state index contributed by atoms with van der Waals surface area (Å²) in [4.78, 5) is 11.5. The van der Waals surface area contributed by atoms with Gasteiger partial charge in [-0.25, -0.2) is 0 Å². The zero-order chi connectivity index (χ0) is 15.5. The summed E-state index contributed by atoms with van der Waals surface area (Å²) in [5.41, 5.74) is 0.974. The van der Waals surface area contributed by atoms with E-state index in [1.165, 1.54) is 26.4 Å². The number of methoxy groups -OCH3 is 1. The van der Waals surface area contributed by atoms with Crippen molar-refractivity contribution in [3.8, 4) is 11.8 Å². The van der Waals surface area contributed by atoms with Crippen molar-refractivity contribution < 1.29 is 9.53 Å². The molecule has 0 saturated carbocycles. The van der Waals surface area contributed by atoms with Crippen LogP contribution in [-0.4, -0.2) is 13.1 Å². The maximum atomic E-state index is 11.5. The van der Waals surface area contributed by atoms with E-state index >= 15 is 0 Å². The molecule has 1 aromatic rings. The van der Waals surface area contributed by atoms with Gasteiger partial charge in [0, 0.05) is 16.0 Å². The van der Waals surface area contributed by atoms with Gasteiger partial charge in [0.2, 0.25) is 0 Å². The molecule has 0 saturated heterocycles. The van der Waals surface area contributed by atoms with E-state index in [0.29, 0.717) is 6.42 Å². The van der Waals surface area contributed by atoms with E-state index in [1.807, 2.05) is 24.3 Å². The second kappa shape index (κ2) is 10.5. The Morgan fingerprint density at radius 2 is 1.95 bits per heavy atom. The van der Waals surface area contributed by atoms with Crippen LogP contribution in [0.3, 0.4) is 0 Å². The molecule has 0 aliphatic rings. The number of carbonyl (C=O) groups is 1. The Labute approximate surface area is 136 Å². The van der Waals surface area contributed by atoms with Gasteiger partial charge in [0.15, 0.2) is 0 Å². The highest BCUT2D eigenvalue weighted by atomic mass is 79.9. The van der Waals surface area contributed by atoms with Gasteiger partial charge in [0.05, 0.1) is 13.5 Å². The number of unbranched alkanes of at least 4 members (excludes halogenated alkanes) is 3. The lowest BCUT2D eigenvalue weighted by molar-refractivity contribution is -0.141. The normalized spacial score (nSPS) is 11.4. The molecule has 0 aliphatic carbocycles. The van der Waals surface area contributed by atoms with Crippen LogP contribution in [-0.2, 0) is 9.53 Å². The molecule has 0 unspecified atom stereocenters. The van der Waals surface area contributed by atoms with Crippen molar-refractivity contribution in [3.05, 3.63) is 34.3 Å². The molecule has 0 aliphatic heterocycles. The van der Waals surface area contributed by atoms with Gasteiger partial charge in [0.25, 0.3) is 0 Å². The first-order valence-electron chi connectivity index (χ1n) is 7.49. The van der Waals surface area contributed by atoms with E-state index in [-0.39, 0.29) is 11.9 Å². The molecule has 0 fully saturated rings. The first kappa shape index (κ1) is 17.8. The van der Waals surface area contributed by atoms with Gasteiger partial charge in [-0.1, -0.05) is 60.4 Å². The summed E-state index contributed by atoms with van der Waals surface area (Å²) in [6.45, 7) is 2.19. The molecule has 0 N–H and O–H groups in total. The van der Waals surface area contributed by atoms with Crippen molar-refractivity contribution in [2.45, 2.75) is 45.4 Å². The lowest BCUT2D eigenvalue weighted by Gasteiger charge is -2.09. The zero-order valence-electron chi connectivity index (χ0n) is 12.8. The predicted octanol–water partition coefficient (Wildman–Crippen LogP) is 4.95. The molecular weight excluding hydrogens is 328 g/mol. The fourth-order valence-corrected chi connectivity index (χ4v) is 2.31. The number of rotatable bonds is 7. The summed E-state index contributed by atoms with van der Waals surface area (Å²) in [7, 11) is 1.43. The van der Waals surface area contributed by atoms with E-state index in [2.05, 4.69) is 34.7 Å². The summed E-state index contributed by atoms with van der Waals surface area (Å²) in [5.74, 6) is 6.30. The molecule has 0 radical (unpaired) electrons. The number of ether oxygens (including phenoxy) is 1. The monoisotopic (exact) mass is 350 g/mol. The topological polar surface area (TPSA) is 26.3 Å². The van der Waals surface area contributed by atoms with Crippen LogP contribution in [0.2, 0.25) is 0 Å². The van der Waals surface area contributed by atoms with Crippen LogP contribution in [0.5, 0.6) is 0 Å². The van der Waals surface area contributed by atoms with Crippen LogP contribution >= 0.6 is 15.9 Å². The molecule has 1 rings (SSSR count). The summed E-state index contributed by atoms with van der Waals surface area (Å²) in [5, 5.41) is 0. The Morgan fingerprint density at radius 1 is 1.24 bits per heavy atom. The average Bonchev–Trinajstić information content (AvgIpc) is 2.50. The minimum absolute atomic E-state index is 0.0814. The van der Waals surface area contributed by atoms with Gasteiger partial charge >= 0.3 is 5.97 Å². The number of halogens is 1. The number of esters is 1. The third-order valence-corrected chi connectivity index (χ3v) is 3.84. The third kappa shape index (κ3) is 7.92. The first-order chi connectivity index (χ1) is 10.2. The lowest BCUT2D eigenvalue weighted by atomic mass is 9.97. The summed E-state index contributed by atoms with van der Waals surface area (Å²) < 4.78 is 5.80. The van der Waals surface area contributed by atoms with Gasteiger partial charge in [-0.15, -0.1) is 0 Å². The van der Waals surface area contributed by atoms with Crippen LogP contribution in [0.25, 0.3) is 0 Å². The largest absolute Gasteiger partial charge is 0.469 e. The average molecular weight is 351 g/mol. The fraction of sp³-hybridized carbons (Fsp3) is 0.500. The molecule has 0 aromatic heterocycles. The molecular formula is C18H23BrO2. The maximum Gasteiger partial charge on any atom is 0.306 e.